The van der Waals surface area contributed by atoms with Gasteiger partial charge in [-0.2, -0.15) is 0 Å². The molecule has 1 aromatic carbocycles. The third-order valence-electron chi connectivity index (χ3n) is 5.25. The molecular formula is C20H30FN2O3+. The molecule has 0 bridgehead atoms. The van der Waals surface area contributed by atoms with Crippen LogP contribution in [0.25, 0.3) is 0 Å². The largest absolute Gasteiger partial charge is 0.462 e. The van der Waals surface area contributed by atoms with Gasteiger partial charge in [0.15, 0.2) is 6.04 Å². The van der Waals surface area contributed by atoms with Crippen LogP contribution in [0.15, 0.2) is 12.1 Å². The van der Waals surface area contributed by atoms with Gasteiger partial charge in [0, 0.05) is 19.3 Å². The van der Waals surface area contributed by atoms with E-state index in [1.54, 1.807) is 13.8 Å². The quantitative estimate of drug-likeness (QED) is 0.593. The Hall–Kier alpha value is -1.95. The molecule has 0 radical (unpaired) electrons. The van der Waals surface area contributed by atoms with Crippen LogP contribution in [0.4, 0.5) is 10.1 Å². The zero-order chi connectivity index (χ0) is 19.3. The van der Waals surface area contributed by atoms with Crippen LogP contribution in [-0.2, 0) is 9.53 Å². The first kappa shape index (κ1) is 20.4. The second-order valence-electron chi connectivity index (χ2n) is 7.29. The lowest BCUT2D eigenvalue weighted by atomic mass is 10.0. The SMILES string of the molecule is CCCC(C(=O)Nc1c(C)cc(F)cc1C(=O)OCC)[N+]1(C)CCCC1. The Morgan fingerprint density at radius 3 is 2.50 bits per heavy atom. The van der Waals surface area contributed by atoms with E-state index in [9.17, 15) is 14.0 Å². The smallest absolute Gasteiger partial charge is 0.340 e. The molecule has 1 aromatic rings. The first-order valence-corrected chi connectivity index (χ1v) is 9.44. The molecule has 26 heavy (non-hydrogen) atoms. The zero-order valence-electron chi connectivity index (χ0n) is 16.2. The molecule has 1 aliphatic heterocycles. The van der Waals surface area contributed by atoms with Crippen LogP contribution >= 0.6 is 0 Å². The molecule has 1 heterocycles. The van der Waals surface area contributed by atoms with E-state index >= 15 is 0 Å². The van der Waals surface area contributed by atoms with E-state index in [0.29, 0.717) is 15.7 Å². The van der Waals surface area contributed by atoms with Crippen molar-refractivity contribution in [2.75, 3.05) is 32.1 Å². The van der Waals surface area contributed by atoms with Crippen molar-refractivity contribution in [1.82, 2.24) is 0 Å². The summed E-state index contributed by atoms with van der Waals surface area (Å²) in [5, 5.41) is 2.91. The van der Waals surface area contributed by atoms with Crippen molar-refractivity contribution in [3.63, 3.8) is 0 Å². The molecule has 1 saturated heterocycles. The number of benzene rings is 1. The topological polar surface area (TPSA) is 55.4 Å². The van der Waals surface area contributed by atoms with Crippen LogP contribution in [0.1, 0.15) is 55.5 Å². The van der Waals surface area contributed by atoms with E-state index in [1.165, 1.54) is 6.07 Å². The maximum Gasteiger partial charge on any atom is 0.340 e. The van der Waals surface area contributed by atoms with Crippen LogP contribution in [0.5, 0.6) is 0 Å². The lowest BCUT2D eigenvalue weighted by Crippen LogP contribution is -2.55. The number of nitrogens with zero attached hydrogens (tertiary/aromatic N) is 1. The Morgan fingerprint density at radius 2 is 1.92 bits per heavy atom. The summed E-state index contributed by atoms with van der Waals surface area (Å²) in [6, 6.07) is 2.27. The summed E-state index contributed by atoms with van der Waals surface area (Å²) in [7, 11) is 2.12. The summed E-state index contributed by atoms with van der Waals surface area (Å²) in [6.45, 7) is 7.59. The Kier molecular flexibility index (Phi) is 6.75. The molecule has 0 aliphatic carbocycles. The molecular weight excluding hydrogens is 335 g/mol. The summed E-state index contributed by atoms with van der Waals surface area (Å²) < 4.78 is 19.6. The van der Waals surface area contributed by atoms with Crippen LogP contribution in [0.2, 0.25) is 0 Å². The lowest BCUT2D eigenvalue weighted by molar-refractivity contribution is -0.913. The number of anilines is 1. The number of halogens is 1. The fourth-order valence-electron chi connectivity index (χ4n) is 3.85. The highest BCUT2D eigenvalue weighted by Crippen LogP contribution is 2.28. The van der Waals surface area contributed by atoms with Crippen molar-refractivity contribution in [2.24, 2.45) is 0 Å². The average Bonchev–Trinajstić information content (AvgIpc) is 3.02. The summed E-state index contributed by atoms with van der Waals surface area (Å²) >= 11 is 0. The maximum absolute atomic E-state index is 13.8. The van der Waals surface area contributed by atoms with Crippen LogP contribution < -0.4 is 5.32 Å². The predicted octanol–water partition coefficient (Wildman–Crippen LogP) is 3.66. The number of quaternary nitrogens is 1. The Labute approximate surface area is 155 Å². The number of amides is 1. The molecule has 1 unspecified atom stereocenters. The molecule has 144 valence electrons. The fourth-order valence-corrected chi connectivity index (χ4v) is 3.85. The highest BCUT2D eigenvalue weighted by atomic mass is 19.1. The van der Waals surface area contributed by atoms with Crippen molar-refractivity contribution < 1.29 is 23.2 Å². The minimum atomic E-state index is -0.626. The molecule has 5 nitrogen and oxygen atoms in total. The maximum atomic E-state index is 13.8. The van der Waals surface area contributed by atoms with E-state index in [4.69, 9.17) is 4.74 Å². The minimum Gasteiger partial charge on any atom is -0.462 e. The van der Waals surface area contributed by atoms with Crippen LogP contribution in [0, 0.1) is 12.7 Å². The molecule has 1 amide bonds. The second kappa shape index (κ2) is 8.62. The highest BCUT2D eigenvalue weighted by Gasteiger charge is 2.40. The first-order chi connectivity index (χ1) is 12.3. The lowest BCUT2D eigenvalue weighted by Gasteiger charge is -2.37. The van der Waals surface area contributed by atoms with Crippen LogP contribution in [-0.4, -0.2) is 49.1 Å². The zero-order valence-corrected chi connectivity index (χ0v) is 16.2. The van der Waals surface area contributed by atoms with Crippen LogP contribution in [0.3, 0.4) is 0 Å². The number of hydrogen-bond donors (Lipinski definition) is 1. The first-order valence-electron chi connectivity index (χ1n) is 9.44. The minimum absolute atomic E-state index is 0.0667. The third-order valence-corrected chi connectivity index (χ3v) is 5.25. The number of likely N-dealkylation sites (N-methyl/N-ethyl adjacent to an activating group) is 1. The highest BCUT2D eigenvalue weighted by molar-refractivity contribution is 6.03. The standard InChI is InChI=1S/C20H29FN2O3/c1-5-9-17(23(4)10-7-8-11-23)19(24)22-18-14(3)12-15(21)13-16(18)20(25)26-6-2/h12-13,17H,5-11H2,1-4H3/p+1. The van der Waals surface area contributed by atoms with Gasteiger partial charge in [-0.15, -0.1) is 0 Å². The van der Waals surface area contributed by atoms with Gasteiger partial charge in [0.25, 0.3) is 5.91 Å². The number of carbonyl (C=O) groups is 2. The van der Waals surface area contributed by atoms with Gasteiger partial charge in [-0.25, -0.2) is 9.18 Å². The van der Waals surface area contributed by atoms with E-state index < -0.39 is 11.8 Å². The molecule has 1 aliphatic rings. The third kappa shape index (κ3) is 4.41. The van der Waals surface area contributed by atoms with E-state index in [2.05, 4.69) is 19.3 Å². The van der Waals surface area contributed by atoms with Crippen molar-refractivity contribution in [2.45, 2.75) is 52.5 Å². The molecule has 1 N–H and O–H groups in total. The number of aryl methyl sites for hydroxylation is 1. The summed E-state index contributed by atoms with van der Waals surface area (Å²) in [5.74, 6) is -1.26. The number of carbonyl (C=O) groups excluding carboxylic acids is 2. The molecule has 2 rings (SSSR count). The molecule has 1 atom stereocenters. The van der Waals surface area contributed by atoms with Crippen molar-refractivity contribution >= 4 is 17.6 Å². The van der Waals surface area contributed by atoms with E-state index in [1.807, 2.05) is 0 Å². The summed E-state index contributed by atoms with van der Waals surface area (Å²) in [5.41, 5.74) is 0.930. The molecule has 0 saturated carbocycles. The molecule has 1 fully saturated rings. The predicted molar refractivity (Wildman–Crippen MR) is 99.6 cm³/mol. The summed E-state index contributed by atoms with van der Waals surface area (Å²) in [4.78, 5) is 25.3. The molecule has 0 aromatic heterocycles. The van der Waals surface area contributed by atoms with E-state index in [0.717, 1.165) is 44.8 Å². The normalized spacial score (nSPS) is 17.0. The van der Waals surface area contributed by atoms with Gasteiger partial charge < -0.3 is 14.5 Å². The number of hydrogen-bond acceptors (Lipinski definition) is 3. The monoisotopic (exact) mass is 365 g/mol. The fraction of sp³-hybridized carbons (Fsp3) is 0.600. The number of nitrogens with one attached hydrogen (secondary N) is 1. The Morgan fingerprint density at radius 1 is 1.27 bits per heavy atom. The Bertz CT molecular complexity index is 669. The van der Waals surface area contributed by atoms with Crippen molar-refractivity contribution in [3.05, 3.63) is 29.1 Å². The number of rotatable bonds is 7. The second-order valence-corrected chi connectivity index (χ2v) is 7.29. The number of likely N-dealkylation sites (tertiary alicyclic amines) is 1. The van der Waals surface area contributed by atoms with Gasteiger partial charge in [0.1, 0.15) is 5.82 Å². The number of ether oxygens (including phenoxy) is 1. The van der Waals surface area contributed by atoms with Gasteiger partial charge in [-0.1, -0.05) is 6.92 Å². The Balaban J connectivity index is 2.33. The van der Waals surface area contributed by atoms with E-state index in [-0.39, 0.29) is 24.1 Å². The van der Waals surface area contributed by atoms with Gasteiger partial charge in [-0.3, -0.25) is 4.79 Å². The van der Waals surface area contributed by atoms with Gasteiger partial charge in [0.05, 0.1) is 38.0 Å². The van der Waals surface area contributed by atoms with Gasteiger partial charge in [0.2, 0.25) is 0 Å². The van der Waals surface area contributed by atoms with Crippen molar-refractivity contribution in [3.8, 4) is 0 Å². The molecule has 6 heteroatoms. The molecule has 0 spiro atoms. The van der Waals surface area contributed by atoms with Gasteiger partial charge in [-0.05, 0) is 38.0 Å². The number of esters is 1. The van der Waals surface area contributed by atoms with Gasteiger partial charge >= 0.3 is 5.97 Å². The van der Waals surface area contributed by atoms with Crippen molar-refractivity contribution in [1.29, 1.82) is 0 Å². The average molecular weight is 365 g/mol. The summed E-state index contributed by atoms with van der Waals surface area (Å²) in [6.07, 6.45) is 3.91.